The summed E-state index contributed by atoms with van der Waals surface area (Å²) in [5.74, 6) is -0.530. The molecule has 176 valence electrons. The first kappa shape index (κ1) is 22.2. The SMILES string of the molecule is O=C(OC[C@@H]1CCCN2CCCC[C@@H]12)c1nn2c(C(F)(F)F)cc(-c3ccco3)nc2c1Cl. The number of piperidine rings is 2. The Hall–Kier alpha value is -2.59. The quantitative estimate of drug-likeness (QED) is 0.483. The highest BCUT2D eigenvalue weighted by atomic mass is 35.5. The van der Waals surface area contributed by atoms with Gasteiger partial charge in [-0.1, -0.05) is 18.0 Å². The molecule has 2 aliphatic rings. The number of ether oxygens (including phenoxy) is 1. The number of esters is 1. The van der Waals surface area contributed by atoms with Gasteiger partial charge in [0.15, 0.2) is 22.8 Å². The maximum atomic E-state index is 13.7. The molecule has 0 spiro atoms. The molecule has 33 heavy (non-hydrogen) atoms. The third-order valence-electron chi connectivity index (χ3n) is 6.45. The lowest BCUT2D eigenvalue weighted by Crippen LogP contribution is -2.49. The van der Waals surface area contributed by atoms with E-state index in [-0.39, 0.29) is 40.3 Å². The zero-order valence-electron chi connectivity index (χ0n) is 17.6. The molecule has 0 amide bonds. The Morgan fingerprint density at radius 1 is 1.24 bits per heavy atom. The summed E-state index contributed by atoms with van der Waals surface area (Å²) in [5.41, 5.74) is -1.87. The topological polar surface area (TPSA) is 72.9 Å². The number of hydrogen-bond donors (Lipinski definition) is 0. The van der Waals surface area contributed by atoms with Crippen LogP contribution in [0.1, 0.15) is 48.3 Å². The van der Waals surface area contributed by atoms with Crippen molar-refractivity contribution in [3.8, 4) is 11.5 Å². The van der Waals surface area contributed by atoms with Crippen LogP contribution in [-0.4, -0.2) is 51.2 Å². The Morgan fingerprint density at radius 3 is 2.82 bits per heavy atom. The van der Waals surface area contributed by atoms with Crippen molar-refractivity contribution >= 4 is 23.2 Å². The van der Waals surface area contributed by atoms with Gasteiger partial charge in [0.1, 0.15) is 10.7 Å². The van der Waals surface area contributed by atoms with Gasteiger partial charge >= 0.3 is 12.1 Å². The van der Waals surface area contributed by atoms with Gasteiger partial charge in [0.25, 0.3) is 0 Å². The lowest BCUT2D eigenvalue weighted by Gasteiger charge is -2.44. The Kier molecular flexibility index (Phi) is 5.82. The minimum atomic E-state index is -4.76. The molecule has 0 bridgehead atoms. The number of halogens is 4. The second-order valence-corrected chi connectivity index (χ2v) is 8.88. The van der Waals surface area contributed by atoms with E-state index in [1.54, 1.807) is 0 Å². The second kappa shape index (κ2) is 8.64. The van der Waals surface area contributed by atoms with Gasteiger partial charge in [-0.25, -0.2) is 14.3 Å². The van der Waals surface area contributed by atoms with Crippen LogP contribution in [0.4, 0.5) is 13.2 Å². The molecule has 0 N–H and O–H groups in total. The summed E-state index contributed by atoms with van der Waals surface area (Å²) >= 11 is 6.29. The molecule has 5 heterocycles. The molecule has 0 aliphatic carbocycles. The number of hydrogen-bond acceptors (Lipinski definition) is 6. The minimum Gasteiger partial charge on any atom is -0.463 e. The van der Waals surface area contributed by atoms with Crippen LogP contribution in [0.15, 0.2) is 28.9 Å². The number of aromatic nitrogens is 3. The largest absolute Gasteiger partial charge is 0.463 e. The average Bonchev–Trinajstić information content (AvgIpc) is 3.45. The van der Waals surface area contributed by atoms with E-state index >= 15 is 0 Å². The van der Waals surface area contributed by atoms with Gasteiger partial charge in [-0.15, -0.1) is 0 Å². The zero-order chi connectivity index (χ0) is 23.2. The maximum Gasteiger partial charge on any atom is 0.433 e. The predicted octanol–water partition coefficient (Wildman–Crippen LogP) is 5.08. The summed E-state index contributed by atoms with van der Waals surface area (Å²) in [5, 5.41) is 3.54. The summed E-state index contributed by atoms with van der Waals surface area (Å²) in [6.07, 6.45) is 1.93. The number of nitrogens with zero attached hydrogens (tertiary/aromatic N) is 4. The van der Waals surface area contributed by atoms with Crippen LogP contribution in [0.25, 0.3) is 17.1 Å². The van der Waals surface area contributed by atoms with Crippen molar-refractivity contribution in [2.24, 2.45) is 5.92 Å². The number of fused-ring (bicyclic) bond motifs is 2. The van der Waals surface area contributed by atoms with Crippen molar-refractivity contribution in [3.05, 3.63) is 40.9 Å². The van der Waals surface area contributed by atoms with E-state index in [0.717, 1.165) is 44.8 Å². The molecule has 2 atom stereocenters. The first-order valence-electron chi connectivity index (χ1n) is 10.9. The van der Waals surface area contributed by atoms with E-state index in [9.17, 15) is 18.0 Å². The lowest BCUT2D eigenvalue weighted by atomic mass is 9.84. The van der Waals surface area contributed by atoms with E-state index in [0.29, 0.717) is 10.6 Å². The smallest absolute Gasteiger partial charge is 0.433 e. The van der Waals surface area contributed by atoms with E-state index in [2.05, 4.69) is 15.0 Å². The Labute approximate surface area is 192 Å². The van der Waals surface area contributed by atoms with Gasteiger partial charge in [-0.2, -0.15) is 18.3 Å². The number of carbonyl (C=O) groups is 1. The van der Waals surface area contributed by atoms with Gasteiger partial charge in [0.05, 0.1) is 12.9 Å². The molecule has 0 aromatic carbocycles. The van der Waals surface area contributed by atoms with Crippen molar-refractivity contribution in [2.75, 3.05) is 19.7 Å². The fourth-order valence-corrected chi connectivity index (χ4v) is 5.13. The molecule has 3 aromatic heterocycles. The molecule has 0 unspecified atom stereocenters. The average molecular weight is 483 g/mol. The highest BCUT2D eigenvalue weighted by molar-refractivity contribution is 6.36. The van der Waals surface area contributed by atoms with Crippen LogP contribution in [-0.2, 0) is 10.9 Å². The molecule has 0 saturated carbocycles. The van der Waals surface area contributed by atoms with E-state index in [4.69, 9.17) is 20.8 Å². The predicted molar refractivity (Wildman–Crippen MR) is 113 cm³/mol. The van der Waals surface area contributed by atoms with Crippen molar-refractivity contribution in [2.45, 2.75) is 44.3 Å². The summed E-state index contributed by atoms with van der Waals surface area (Å²) in [6.45, 7) is 2.29. The highest BCUT2D eigenvalue weighted by Crippen LogP contribution is 2.35. The summed E-state index contributed by atoms with van der Waals surface area (Å²) < 4.78 is 52.5. The lowest BCUT2D eigenvalue weighted by molar-refractivity contribution is -0.142. The van der Waals surface area contributed by atoms with Gasteiger partial charge in [0.2, 0.25) is 0 Å². The first-order chi connectivity index (χ1) is 15.8. The van der Waals surface area contributed by atoms with Crippen LogP contribution in [0.5, 0.6) is 0 Å². The minimum absolute atomic E-state index is 0.0684. The van der Waals surface area contributed by atoms with Crippen LogP contribution in [0.3, 0.4) is 0 Å². The molecular formula is C22H22ClF3N4O3. The van der Waals surface area contributed by atoms with E-state index in [1.807, 2.05) is 0 Å². The van der Waals surface area contributed by atoms with E-state index in [1.165, 1.54) is 24.8 Å². The molecule has 2 aliphatic heterocycles. The molecule has 2 saturated heterocycles. The second-order valence-electron chi connectivity index (χ2n) is 8.50. The molecule has 3 aromatic rings. The standard InChI is InChI=1S/C22H22ClF3N4O3/c23-18-19(21(31)33-12-13-5-3-9-29-8-2-1-6-15(13)29)28-30-17(22(24,25)26)11-14(27-20(18)30)16-7-4-10-32-16/h4,7,10-11,13,15H,1-3,5-6,8-9,12H2/t13-,15-/m0/s1. The molecular weight excluding hydrogens is 461 g/mol. The summed E-state index contributed by atoms with van der Waals surface area (Å²) in [7, 11) is 0. The molecule has 0 radical (unpaired) electrons. The first-order valence-corrected chi connectivity index (χ1v) is 11.3. The van der Waals surface area contributed by atoms with Crippen LogP contribution >= 0.6 is 11.6 Å². The third-order valence-corrected chi connectivity index (χ3v) is 6.80. The Bertz CT molecular complexity index is 1160. The summed E-state index contributed by atoms with van der Waals surface area (Å²) in [6, 6.07) is 4.20. The number of carbonyl (C=O) groups excluding carboxylic acids is 1. The van der Waals surface area contributed by atoms with Crippen LogP contribution < -0.4 is 0 Å². The van der Waals surface area contributed by atoms with Crippen molar-refractivity contribution in [1.82, 2.24) is 19.5 Å². The third kappa shape index (κ3) is 4.21. The fourth-order valence-electron chi connectivity index (χ4n) is 4.90. The fraction of sp³-hybridized carbons (Fsp3) is 0.500. The van der Waals surface area contributed by atoms with Crippen molar-refractivity contribution < 1.29 is 27.1 Å². The maximum absolute atomic E-state index is 13.7. The normalized spacial score (nSPS) is 21.8. The zero-order valence-corrected chi connectivity index (χ0v) is 18.4. The molecule has 5 rings (SSSR count). The van der Waals surface area contributed by atoms with Gasteiger partial charge in [-0.3, -0.25) is 4.90 Å². The number of furan rings is 1. The highest BCUT2D eigenvalue weighted by Gasteiger charge is 2.38. The van der Waals surface area contributed by atoms with Crippen molar-refractivity contribution in [1.29, 1.82) is 0 Å². The van der Waals surface area contributed by atoms with Gasteiger partial charge in [-0.05, 0) is 57.0 Å². The summed E-state index contributed by atoms with van der Waals surface area (Å²) in [4.78, 5) is 19.4. The number of rotatable bonds is 4. The molecule has 2 fully saturated rings. The Balaban J connectivity index is 1.43. The van der Waals surface area contributed by atoms with Gasteiger partial charge in [0, 0.05) is 12.0 Å². The van der Waals surface area contributed by atoms with Crippen LogP contribution in [0.2, 0.25) is 5.02 Å². The number of alkyl halides is 3. The van der Waals surface area contributed by atoms with Gasteiger partial charge < -0.3 is 9.15 Å². The molecule has 11 heteroatoms. The van der Waals surface area contributed by atoms with E-state index < -0.39 is 17.8 Å². The Morgan fingerprint density at radius 2 is 2.06 bits per heavy atom. The monoisotopic (exact) mass is 482 g/mol. The van der Waals surface area contributed by atoms with Crippen molar-refractivity contribution in [3.63, 3.8) is 0 Å². The molecule has 7 nitrogen and oxygen atoms in total. The van der Waals surface area contributed by atoms with Crippen LogP contribution in [0, 0.1) is 5.92 Å².